The largest absolute Gasteiger partial charge is 0.315 e. The molecule has 0 unspecified atom stereocenters. The van der Waals surface area contributed by atoms with Crippen LogP contribution in [0.4, 0.5) is 0 Å². The Morgan fingerprint density at radius 2 is 2.54 bits per heavy atom. The molecule has 0 saturated carbocycles. The van der Waals surface area contributed by atoms with Gasteiger partial charge in [0.2, 0.25) is 0 Å². The lowest BCUT2D eigenvalue weighted by Crippen LogP contribution is -1.94. The molecule has 0 aliphatic carbocycles. The number of imidazole rings is 1. The molecule has 2 heterocycles. The topological polar surface area (TPSA) is 46.5 Å². The van der Waals surface area contributed by atoms with Gasteiger partial charge in [-0.1, -0.05) is 6.08 Å². The molecule has 5 heteroatoms. The van der Waals surface area contributed by atoms with Crippen molar-refractivity contribution >= 4 is 23.4 Å². The maximum atomic E-state index is 5.11. The molecule has 66 valence electrons. The number of allylic oxidation sites excluding steroid dienone is 1. The number of nitrogens with zero attached hydrogens (tertiary/aromatic N) is 3. The van der Waals surface area contributed by atoms with E-state index in [1.54, 1.807) is 12.3 Å². The Bertz CT molecular complexity index is 496. The molecule has 1 N–H and O–H groups in total. The third-order valence-electron chi connectivity index (χ3n) is 1.77. The average Bonchev–Trinajstić information content (AvgIpc) is 2.44. The number of hydrogen-bond donors (Lipinski definition) is 1. The summed E-state index contributed by atoms with van der Waals surface area (Å²) in [4.78, 5) is 11.0. The quantitative estimate of drug-likeness (QED) is 0.581. The van der Waals surface area contributed by atoms with Gasteiger partial charge in [-0.05, 0) is 12.2 Å². The van der Waals surface area contributed by atoms with Crippen molar-refractivity contribution in [3.63, 3.8) is 0 Å². The van der Waals surface area contributed by atoms with Gasteiger partial charge in [0.05, 0.1) is 6.20 Å². The summed E-state index contributed by atoms with van der Waals surface area (Å²) >= 11 is 5.11. The molecule has 0 amide bonds. The van der Waals surface area contributed by atoms with Crippen LogP contribution >= 0.6 is 12.2 Å². The third-order valence-corrected chi connectivity index (χ3v) is 2.09. The SMILES string of the molecule is C=CCn1c(=S)[nH]c2ncncc21. The van der Waals surface area contributed by atoms with Crippen LogP contribution in [0.15, 0.2) is 25.2 Å². The lowest BCUT2D eigenvalue weighted by molar-refractivity contribution is 0.834. The number of rotatable bonds is 2. The van der Waals surface area contributed by atoms with E-state index in [1.807, 2.05) is 4.57 Å². The monoisotopic (exact) mass is 192 g/mol. The highest BCUT2D eigenvalue weighted by atomic mass is 32.1. The first-order valence-electron chi connectivity index (χ1n) is 3.82. The number of fused-ring (bicyclic) bond motifs is 1. The number of hydrogen-bond acceptors (Lipinski definition) is 3. The summed E-state index contributed by atoms with van der Waals surface area (Å²) in [5.74, 6) is 0. The van der Waals surface area contributed by atoms with E-state index in [-0.39, 0.29) is 0 Å². The van der Waals surface area contributed by atoms with Crippen molar-refractivity contribution in [3.8, 4) is 0 Å². The average molecular weight is 192 g/mol. The molecule has 2 aromatic heterocycles. The summed E-state index contributed by atoms with van der Waals surface area (Å²) < 4.78 is 2.55. The predicted octanol–water partition coefficient (Wildman–Crippen LogP) is 1.67. The summed E-state index contributed by atoms with van der Waals surface area (Å²) in [6, 6.07) is 0. The highest BCUT2D eigenvalue weighted by molar-refractivity contribution is 7.71. The van der Waals surface area contributed by atoms with Crippen molar-refractivity contribution in [2.24, 2.45) is 0 Å². The molecular weight excluding hydrogens is 184 g/mol. The summed E-state index contributed by atoms with van der Waals surface area (Å²) in [5, 5.41) is 0. The molecule has 4 nitrogen and oxygen atoms in total. The molecule has 0 spiro atoms. The van der Waals surface area contributed by atoms with Crippen LogP contribution in [-0.2, 0) is 6.54 Å². The second-order valence-corrected chi connectivity index (χ2v) is 2.97. The van der Waals surface area contributed by atoms with E-state index < -0.39 is 0 Å². The Kier molecular flexibility index (Phi) is 1.94. The molecule has 0 aliphatic rings. The van der Waals surface area contributed by atoms with Crippen LogP contribution in [0.1, 0.15) is 0 Å². The van der Waals surface area contributed by atoms with Crippen molar-refractivity contribution in [2.75, 3.05) is 0 Å². The molecule has 0 atom stereocenters. The fourth-order valence-corrected chi connectivity index (χ4v) is 1.47. The van der Waals surface area contributed by atoms with Crippen molar-refractivity contribution in [1.29, 1.82) is 0 Å². The summed E-state index contributed by atoms with van der Waals surface area (Å²) in [5.41, 5.74) is 1.68. The van der Waals surface area contributed by atoms with Crippen LogP contribution in [0, 0.1) is 4.77 Å². The first kappa shape index (κ1) is 8.12. The maximum absolute atomic E-state index is 5.11. The Morgan fingerprint density at radius 1 is 1.69 bits per heavy atom. The smallest absolute Gasteiger partial charge is 0.179 e. The molecule has 0 fully saturated rings. The Labute approximate surface area is 80.0 Å². The number of H-pyrrole nitrogens is 1. The molecule has 0 aliphatic heterocycles. The van der Waals surface area contributed by atoms with Gasteiger partial charge in [-0.3, -0.25) is 0 Å². The Morgan fingerprint density at radius 3 is 3.31 bits per heavy atom. The minimum atomic E-state index is 0.649. The van der Waals surface area contributed by atoms with Crippen LogP contribution in [0.25, 0.3) is 11.2 Å². The van der Waals surface area contributed by atoms with E-state index in [9.17, 15) is 0 Å². The van der Waals surface area contributed by atoms with Gasteiger partial charge in [0, 0.05) is 6.54 Å². The highest BCUT2D eigenvalue weighted by Gasteiger charge is 2.02. The second kappa shape index (κ2) is 3.10. The molecule has 0 radical (unpaired) electrons. The molecule has 2 rings (SSSR count). The first-order valence-corrected chi connectivity index (χ1v) is 4.23. The van der Waals surface area contributed by atoms with Crippen LogP contribution in [0.5, 0.6) is 0 Å². The van der Waals surface area contributed by atoms with Gasteiger partial charge in [-0.25, -0.2) is 9.97 Å². The Balaban J connectivity index is 2.78. The van der Waals surface area contributed by atoms with Crippen molar-refractivity contribution in [2.45, 2.75) is 6.54 Å². The minimum absolute atomic E-state index is 0.649. The minimum Gasteiger partial charge on any atom is -0.315 e. The zero-order valence-corrected chi connectivity index (χ0v) is 7.71. The zero-order valence-electron chi connectivity index (χ0n) is 6.90. The maximum Gasteiger partial charge on any atom is 0.179 e. The zero-order chi connectivity index (χ0) is 9.26. The molecule has 0 saturated heterocycles. The third kappa shape index (κ3) is 1.27. The first-order chi connectivity index (χ1) is 6.33. The standard InChI is InChI=1S/C8H8N4S/c1-2-3-12-6-4-9-5-10-7(6)11-8(12)13/h2,4-5H,1,3H2,(H,9,10,11,13). The van der Waals surface area contributed by atoms with E-state index in [1.165, 1.54) is 6.33 Å². The van der Waals surface area contributed by atoms with Gasteiger partial charge in [-0.2, -0.15) is 0 Å². The van der Waals surface area contributed by atoms with Gasteiger partial charge in [0.25, 0.3) is 0 Å². The predicted molar refractivity (Wildman–Crippen MR) is 52.9 cm³/mol. The summed E-state index contributed by atoms with van der Waals surface area (Å²) in [6.07, 6.45) is 5.01. The number of aromatic amines is 1. The lowest BCUT2D eigenvalue weighted by atomic mass is 10.5. The lowest BCUT2D eigenvalue weighted by Gasteiger charge is -1.96. The number of nitrogens with one attached hydrogen (secondary N) is 1. The van der Waals surface area contributed by atoms with Crippen molar-refractivity contribution in [1.82, 2.24) is 19.5 Å². The van der Waals surface area contributed by atoms with Crippen molar-refractivity contribution < 1.29 is 0 Å². The van der Waals surface area contributed by atoms with Crippen LogP contribution in [0.3, 0.4) is 0 Å². The summed E-state index contributed by atoms with van der Waals surface area (Å²) in [6.45, 7) is 4.33. The van der Waals surface area contributed by atoms with Gasteiger partial charge in [0.15, 0.2) is 10.4 Å². The van der Waals surface area contributed by atoms with Crippen LogP contribution in [0.2, 0.25) is 0 Å². The van der Waals surface area contributed by atoms with Gasteiger partial charge < -0.3 is 9.55 Å². The van der Waals surface area contributed by atoms with Gasteiger partial charge in [0.1, 0.15) is 11.8 Å². The molecule has 0 aromatic carbocycles. The summed E-state index contributed by atoms with van der Waals surface area (Å²) in [7, 11) is 0. The van der Waals surface area contributed by atoms with E-state index >= 15 is 0 Å². The second-order valence-electron chi connectivity index (χ2n) is 2.59. The fourth-order valence-electron chi connectivity index (χ4n) is 1.20. The van der Waals surface area contributed by atoms with Crippen LogP contribution in [-0.4, -0.2) is 19.5 Å². The fraction of sp³-hybridized carbons (Fsp3) is 0.125. The van der Waals surface area contributed by atoms with E-state index in [2.05, 4.69) is 21.5 Å². The van der Waals surface area contributed by atoms with E-state index in [0.29, 0.717) is 11.3 Å². The van der Waals surface area contributed by atoms with Gasteiger partial charge in [-0.15, -0.1) is 6.58 Å². The van der Waals surface area contributed by atoms with E-state index in [4.69, 9.17) is 12.2 Å². The molecule has 13 heavy (non-hydrogen) atoms. The molecule has 2 aromatic rings. The van der Waals surface area contributed by atoms with Gasteiger partial charge >= 0.3 is 0 Å². The molecular formula is C8H8N4S. The van der Waals surface area contributed by atoms with E-state index in [0.717, 1.165) is 11.2 Å². The Hall–Kier alpha value is -1.49. The molecule has 0 bridgehead atoms. The van der Waals surface area contributed by atoms with Crippen LogP contribution < -0.4 is 0 Å². The normalized spacial score (nSPS) is 10.5. The van der Waals surface area contributed by atoms with Crippen molar-refractivity contribution in [3.05, 3.63) is 30.0 Å². The number of aromatic nitrogens is 4. The highest BCUT2D eigenvalue weighted by Crippen LogP contribution is 2.08.